The molecule has 76 valence electrons. The van der Waals surface area contributed by atoms with Crippen molar-refractivity contribution in [2.75, 3.05) is 20.2 Å². The summed E-state index contributed by atoms with van der Waals surface area (Å²) in [6.07, 6.45) is -0.490. The lowest BCUT2D eigenvalue weighted by atomic mass is 10.2. The van der Waals surface area contributed by atoms with Crippen molar-refractivity contribution in [3.63, 3.8) is 0 Å². The Morgan fingerprint density at radius 2 is 2.08 bits per heavy atom. The number of carboxylic acids is 1. The minimum absolute atomic E-state index is 0.161. The summed E-state index contributed by atoms with van der Waals surface area (Å²) in [6.45, 7) is 3.70. The minimum Gasteiger partial charge on any atom is -0.481 e. The van der Waals surface area contributed by atoms with Crippen molar-refractivity contribution in [2.45, 2.75) is 13.8 Å². The molecular weight excluding hydrogens is 174 g/mol. The lowest BCUT2D eigenvalue weighted by molar-refractivity contribution is -0.141. The van der Waals surface area contributed by atoms with E-state index in [0.717, 1.165) is 0 Å². The number of rotatable bonds is 4. The van der Waals surface area contributed by atoms with Gasteiger partial charge in [-0.05, 0) is 6.92 Å². The Balaban J connectivity index is 3.92. The van der Waals surface area contributed by atoms with E-state index in [9.17, 15) is 9.59 Å². The van der Waals surface area contributed by atoms with E-state index in [2.05, 4.69) is 4.74 Å². The van der Waals surface area contributed by atoms with E-state index in [1.54, 1.807) is 6.92 Å². The topological polar surface area (TPSA) is 66.8 Å². The van der Waals surface area contributed by atoms with E-state index in [4.69, 9.17) is 5.11 Å². The van der Waals surface area contributed by atoms with Crippen molar-refractivity contribution in [1.82, 2.24) is 4.90 Å². The molecule has 0 bridgehead atoms. The van der Waals surface area contributed by atoms with Gasteiger partial charge in [0.2, 0.25) is 0 Å². The van der Waals surface area contributed by atoms with Crippen molar-refractivity contribution in [1.29, 1.82) is 0 Å². The molecule has 1 amide bonds. The van der Waals surface area contributed by atoms with Crippen molar-refractivity contribution >= 4 is 12.1 Å². The molecule has 0 aromatic heterocycles. The third-order valence-electron chi connectivity index (χ3n) is 1.55. The molecule has 1 N–H and O–H groups in total. The number of nitrogens with zero attached hydrogens (tertiary/aromatic N) is 1. The number of aliphatic carboxylic acids is 1. The summed E-state index contributed by atoms with van der Waals surface area (Å²) in [7, 11) is 1.51. The summed E-state index contributed by atoms with van der Waals surface area (Å²) >= 11 is 0. The Kier molecular flexibility index (Phi) is 4.87. The lowest BCUT2D eigenvalue weighted by Crippen LogP contribution is -2.34. The smallest absolute Gasteiger partial charge is 0.409 e. The summed E-state index contributed by atoms with van der Waals surface area (Å²) in [4.78, 5) is 22.7. The molecular formula is C8H15NO4. The van der Waals surface area contributed by atoms with Crippen LogP contribution in [0, 0.1) is 5.92 Å². The molecule has 13 heavy (non-hydrogen) atoms. The molecule has 1 unspecified atom stereocenters. The Labute approximate surface area is 77.3 Å². The lowest BCUT2D eigenvalue weighted by Gasteiger charge is -2.18. The Hall–Kier alpha value is -1.26. The van der Waals surface area contributed by atoms with Gasteiger partial charge in [0.15, 0.2) is 0 Å². The van der Waals surface area contributed by atoms with Gasteiger partial charge in [0.25, 0.3) is 0 Å². The van der Waals surface area contributed by atoms with E-state index in [-0.39, 0.29) is 6.54 Å². The van der Waals surface area contributed by atoms with Crippen LogP contribution in [-0.4, -0.2) is 42.3 Å². The van der Waals surface area contributed by atoms with E-state index in [1.165, 1.54) is 18.9 Å². The standard InChI is InChI=1S/C8H15NO4/c1-4-13-8(12)9(3)5-6(2)7(10)11/h6H,4-5H2,1-3H3,(H,10,11). The summed E-state index contributed by atoms with van der Waals surface area (Å²) in [5, 5.41) is 8.56. The molecule has 0 aliphatic heterocycles. The molecule has 0 spiro atoms. The molecule has 0 fully saturated rings. The molecule has 0 saturated heterocycles. The molecule has 5 heteroatoms. The maximum absolute atomic E-state index is 11.0. The number of amides is 1. The highest BCUT2D eigenvalue weighted by atomic mass is 16.6. The highest BCUT2D eigenvalue weighted by Crippen LogP contribution is 1.99. The normalized spacial score (nSPS) is 11.9. The van der Waals surface area contributed by atoms with Crippen LogP contribution in [0.25, 0.3) is 0 Å². The number of carbonyl (C=O) groups excluding carboxylic acids is 1. The van der Waals surface area contributed by atoms with E-state index < -0.39 is 18.0 Å². The van der Waals surface area contributed by atoms with Crippen LogP contribution in [-0.2, 0) is 9.53 Å². The summed E-state index contributed by atoms with van der Waals surface area (Å²) < 4.78 is 4.68. The number of ether oxygens (including phenoxy) is 1. The number of carbonyl (C=O) groups is 2. The third kappa shape index (κ3) is 4.35. The fraction of sp³-hybridized carbons (Fsp3) is 0.750. The maximum Gasteiger partial charge on any atom is 0.409 e. The zero-order chi connectivity index (χ0) is 10.4. The van der Waals surface area contributed by atoms with Gasteiger partial charge in [0.05, 0.1) is 12.5 Å². The monoisotopic (exact) mass is 189 g/mol. The fourth-order valence-corrected chi connectivity index (χ4v) is 0.797. The second kappa shape index (κ2) is 5.40. The Morgan fingerprint density at radius 1 is 1.54 bits per heavy atom. The Bertz CT molecular complexity index is 193. The van der Waals surface area contributed by atoms with Gasteiger partial charge in [-0.25, -0.2) is 4.79 Å². The van der Waals surface area contributed by atoms with Gasteiger partial charge in [-0.2, -0.15) is 0 Å². The first-order valence-electron chi connectivity index (χ1n) is 4.09. The molecule has 0 aliphatic carbocycles. The zero-order valence-electron chi connectivity index (χ0n) is 8.11. The predicted molar refractivity (Wildman–Crippen MR) is 46.5 cm³/mol. The number of hydrogen-bond donors (Lipinski definition) is 1. The van der Waals surface area contributed by atoms with Gasteiger partial charge < -0.3 is 14.7 Å². The van der Waals surface area contributed by atoms with Crippen molar-refractivity contribution in [3.05, 3.63) is 0 Å². The highest BCUT2D eigenvalue weighted by molar-refractivity contribution is 5.72. The molecule has 0 radical (unpaired) electrons. The predicted octanol–water partition coefficient (Wildman–Crippen LogP) is 0.795. The van der Waals surface area contributed by atoms with Crippen molar-refractivity contribution < 1.29 is 19.4 Å². The van der Waals surface area contributed by atoms with Crippen LogP contribution >= 0.6 is 0 Å². The zero-order valence-corrected chi connectivity index (χ0v) is 8.11. The van der Waals surface area contributed by atoms with Crippen LogP contribution in [0.1, 0.15) is 13.8 Å². The first-order chi connectivity index (χ1) is 5.99. The fourth-order valence-electron chi connectivity index (χ4n) is 0.797. The van der Waals surface area contributed by atoms with Gasteiger partial charge in [-0.3, -0.25) is 4.79 Å². The molecule has 0 rings (SSSR count). The quantitative estimate of drug-likeness (QED) is 0.710. The average Bonchev–Trinajstić information content (AvgIpc) is 2.04. The van der Waals surface area contributed by atoms with Crippen LogP contribution in [0.5, 0.6) is 0 Å². The number of carboxylic acid groups (broad SMARTS) is 1. The first kappa shape index (κ1) is 11.7. The van der Waals surface area contributed by atoms with Crippen LogP contribution < -0.4 is 0 Å². The van der Waals surface area contributed by atoms with Gasteiger partial charge >= 0.3 is 12.1 Å². The summed E-state index contributed by atoms with van der Waals surface area (Å²) in [5.74, 6) is -1.49. The third-order valence-corrected chi connectivity index (χ3v) is 1.55. The largest absolute Gasteiger partial charge is 0.481 e. The van der Waals surface area contributed by atoms with Gasteiger partial charge in [0, 0.05) is 13.6 Å². The molecule has 0 aliphatic rings. The summed E-state index contributed by atoms with van der Waals surface area (Å²) in [6, 6.07) is 0. The maximum atomic E-state index is 11.0. The first-order valence-corrected chi connectivity index (χ1v) is 4.09. The van der Waals surface area contributed by atoms with Crippen molar-refractivity contribution in [3.8, 4) is 0 Å². The van der Waals surface area contributed by atoms with Crippen LogP contribution in [0.4, 0.5) is 4.79 Å². The second-order valence-electron chi connectivity index (χ2n) is 2.82. The molecule has 0 aromatic rings. The average molecular weight is 189 g/mol. The SMILES string of the molecule is CCOC(=O)N(C)CC(C)C(=O)O. The second-order valence-corrected chi connectivity index (χ2v) is 2.82. The van der Waals surface area contributed by atoms with Gasteiger partial charge in [-0.1, -0.05) is 6.92 Å². The molecule has 1 atom stereocenters. The van der Waals surface area contributed by atoms with Crippen molar-refractivity contribution in [2.24, 2.45) is 5.92 Å². The van der Waals surface area contributed by atoms with Crippen LogP contribution in [0.15, 0.2) is 0 Å². The van der Waals surface area contributed by atoms with Gasteiger partial charge in [-0.15, -0.1) is 0 Å². The molecule has 0 aromatic carbocycles. The van der Waals surface area contributed by atoms with E-state index in [1.807, 2.05) is 0 Å². The van der Waals surface area contributed by atoms with E-state index in [0.29, 0.717) is 6.61 Å². The highest BCUT2D eigenvalue weighted by Gasteiger charge is 2.17. The Morgan fingerprint density at radius 3 is 2.46 bits per heavy atom. The number of hydrogen-bond acceptors (Lipinski definition) is 3. The summed E-state index contributed by atoms with van der Waals surface area (Å²) in [5.41, 5.74) is 0. The van der Waals surface area contributed by atoms with E-state index >= 15 is 0 Å². The molecule has 0 saturated carbocycles. The van der Waals surface area contributed by atoms with Crippen LogP contribution in [0.3, 0.4) is 0 Å². The van der Waals surface area contributed by atoms with Crippen LogP contribution in [0.2, 0.25) is 0 Å². The molecule has 5 nitrogen and oxygen atoms in total. The minimum atomic E-state index is -0.920. The van der Waals surface area contributed by atoms with Gasteiger partial charge in [0.1, 0.15) is 0 Å². The molecule has 0 heterocycles.